The lowest BCUT2D eigenvalue weighted by molar-refractivity contribution is -0.384. The molecular weight excluding hydrogens is 462 g/mol. The average molecular weight is 479 g/mol. The number of non-ortho nitro benzene ring substituents is 1. The smallest absolute Gasteiger partial charge is 0.273 e. The summed E-state index contributed by atoms with van der Waals surface area (Å²) < 4.78 is 16.4. The van der Waals surface area contributed by atoms with Gasteiger partial charge in [-0.15, -0.1) is 0 Å². The van der Waals surface area contributed by atoms with E-state index in [2.05, 4.69) is 5.32 Å². The Kier molecular flexibility index (Phi) is 6.11. The van der Waals surface area contributed by atoms with Crippen LogP contribution in [-0.4, -0.2) is 36.1 Å². The van der Waals surface area contributed by atoms with Gasteiger partial charge in [-0.3, -0.25) is 25.0 Å². The van der Waals surface area contributed by atoms with Crippen LogP contribution in [0.4, 0.5) is 11.4 Å². The van der Waals surface area contributed by atoms with Crippen LogP contribution in [0.2, 0.25) is 0 Å². The van der Waals surface area contributed by atoms with Crippen LogP contribution in [0.1, 0.15) is 5.76 Å². The zero-order chi connectivity index (χ0) is 24.4. The van der Waals surface area contributed by atoms with E-state index in [0.29, 0.717) is 22.8 Å². The zero-order valence-corrected chi connectivity index (χ0v) is 18.8. The molecule has 172 valence electrons. The summed E-state index contributed by atoms with van der Waals surface area (Å²) in [6, 6.07) is 14.0. The number of ether oxygens (including phenoxy) is 2. The molecule has 1 fully saturated rings. The van der Waals surface area contributed by atoms with Gasteiger partial charge < -0.3 is 13.9 Å². The topological polar surface area (TPSA) is 124 Å². The molecule has 0 unspecified atom stereocenters. The summed E-state index contributed by atoms with van der Waals surface area (Å²) in [5.74, 6) is -0.140. The fraction of sp³-hybridized carbons (Fsp3) is 0.0870. The summed E-state index contributed by atoms with van der Waals surface area (Å²) in [5.41, 5.74) is 0.512. The lowest BCUT2D eigenvalue weighted by atomic mass is 10.1. The Bertz CT molecular complexity index is 1360. The first-order chi connectivity index (χ1) is 16.3. The van der Waals surface area contributed by atoms with E-state index in [0.717, 1.165) is 0 Å². The molecule has 0 spiro atoms. The molecule has 3 aromatic rings. The molecule has 0 aliphatic carbocycles. The van der Waals surface area contributed by atoms with Crippen LogP contribution in [-0.2, 0) is 9.59 Å². The minimum Gasteiger partial charge on any atom is -0.496 e. The third-order valence-corrected chi connectivity index (χ3v) is 5.29. The van der Waals surface area contributed by atoms with E-state index in [1.54, 1.807) is 36.4 Å². The number of methoxy groups -OCH3 is 2. The van der Waals surface area contributed by atoms with Crippen molar-refractivity contribution in [3.05, 3.63) is 76.0 Å². The first kappa shape index (κ1) is 22.7. The van der Waals surface area contributed by atoms with E-state index in [9.17, 15) is 19.7 Å². The number of nitrogens with one attached hydrogen (secondary N) is 1. The molecule has 1 aliphatic rings. The minimum absolute atomic E-state index is 0.0765. The first-order valence-electron chi connectivity index (χ1n) is 9.81. The number of thiocarbonyl (C=S) groups is 1. The molecule has 1 aromatic heterocycles. The standard InChI is InChI=1S/C23H17N3O7S/c1-31-19-6-4-3-5-17(19)25-22(28)16(21(27)24-23(25)34)12-14-8-10-18(33-14)15-9-7-13(26(29)30)11-20(15)32-2/h3-12H,1-2H3,(H,24,27,34)/b16-12+. The van der Waals surface area contributed by atoms with Crippen LogP contribution >= 0.6 is 12.2 Å². The van der Waals surface area contributed by atoms with Crippen molar-refractivity contribution in [2.75, 3.05) is 19.1 Å². The number of carbonyl (C=O) groups excluding carboxylic acids is 2. The van der Waals surface area contributed by atoms with E-state index in [1.807, 2.05) is 0 Å². The van der Waals surface area contributed by atoms with Crippen LogP contribution in [0.15, 0.2) is 64.6 Å². The van der Waals surface area contributed by atoms with Gasteiger partial charge in [-0.1, -0.05) is 12.1 Å². The van der Waals surface area contributed by atoms with Crippen LogP contribution < -0.4 is 19.7 Å². The summed E-state index contributed by atoms with van der Waals surface area (Å²) >= 11 is 5.22. The number of nitrogens with zero attached hydrogens (tertiary/aromatic N) is 2. The van der Waals surface area contributed by atoms with E-state index in [-0.39, 0.29) is 27.9 Å². The Labute approximate surface area is 198 Å². The van der Waals surface area contributed by atoms with Crippen molar-refractivity contribution in [3.63, 3.8) is 0 Å². The number of anilines is 1. The van der Waals surface area contributed by atoms with Gasteiger partial charge in [0.15, 0.2) is 5.11 Å². The molecule has 4 rings (SSSR count). The summed E-state index contributed by atoms with van der Waals surface area (Å²) in [7, 11) is 2.84. The SMILES string of the molecule is COc1cc([N+](=O)[O-])ccc1-c1ccc(/C=C2\C(=O)NC(=S)N(c3ccccc3OC)C2=O)o1. The molecular formula is C23H17N3O7S. The van der Waals surface area contributed by atoms with Crippen LogP contribution in [0, 0.1) is 10.1 Å². The maximum absolute atomic E-state index is 13.2. The predicted molar refractivity (Wildman–Crippen MR) is 127 cm³/mol. The Balaban J connectivity index is 1.70. The largest absolute Gasteiger partial charge is 0.496 e. The second kappa shape index (κ2) is 9.16. The number of nitro groups is 1. The highest BCUT2D eigenvalue weighted by molar-refractivity contribution is 7.80. The Morgan fingerprint density at radius 3 is 2.50 bits per heavy atom. The molecule has 1 saturated heterocycles. The Hall–Kier alpha value is -4.51. The Morgan fingerprint density at radius 2 is 1.79 bits per heavy atom. The molecule has 0 saturated carbocycles. The summed E-state index contributed by atoms with van der Waals surface area (Å²) in [5, 5.41) is 13.4. The van der Waals surface area contributed by atoms with Gasteiger partial charge in [-0.2, -0.15) is 0 Å². The summed E-state index contributed by atoms with van der Waals surface area (Å²) in [4.78, 5) is 37.4. The number of nitro benzene ring substituents is 1. The first-order valence-corrected chi connectivity index (χ1v) is 10.2. The van der Waals surface area contributed by atoms with Crippen LogP contribution in [0.25, 0.3) is 17.4 Å². The highest BCUT2D eigenvalue weighted by atomic mass is 32.1. The molecule has 2 heterocycles. The van der Waals surface area contributed by atoms with Crippen LogP contribution in [0.5, 0.6) is 11.5 Å². The van der Waals surface area contributed by atoms with E-state index >= 15 is 0 Å². The second-order valence-electron chi connectivity index (χ2n) is 6.97. The van der Waals surface area contributed by atoms with Gasteiger partial charge in [0, 0.05) is 6.07 Å². The fourth-order valence-electron chi connectivity index (χ4n) is 3.41. The van der Waals surface area contributed by atoms with Crippen molar-refractivity contribution in [2.45, 2.75) is 0 Å². The van der Waals surface area contributed by atoms with Gasteiger partial charge in [0.25, 0.3) is 17.5 Å². The molecule has 0 bridgehead atoms. The zero-order valence-electron chi connectivity index (χ0n) is 17.9. The van der Waals surface area contributed by atoms with Gasteiger partial charge >= 0.3 is 0 Å². The number of carbonyl (C=O) groups is 2. The summed E-state index contributed by atoms with van der Waals surface area (Å²) in [6.45, 7) is 0. The number of furan rings is 1. The number of hydrogen-bond acceptors (Lipinski definition) is 8. The lowest BCUT2D eigenvalue weighted by Crippen LogP contribution is -2.54. The third kappa shape index (κ3) is 4.11. The fourth-order valence-corrected chi connectivity index (χ4v) is 3.68. The van der Waals surface area contributed by atoms with E-state index in [4.69, 9.17) is 26.1 Å². The van der Waals surface area contributed by atoms with Gasteiger partial charge in [-0.05, 0) is 48.6 Å². The Morgan fingerprint density at radius 1 is 1.06 bits per heavy atom. The molecule has 34 heavy (non-hydrogen) atoms. The lowest BCUT2D eigenvalue weighted by Gasteiger charge is -2.29. The van der Waals surface area contributed by atoms with Gasteiger partial charge in [-0.25, -0.2) is 4.90 Å². The molecule has 0 atom stereocenters. The number of rotatable bonds is 6. The van der Waals surface area contributed by atoms with Crippen molar-refractivity contribution in [3.8, 4) is 22.8 Å². The maximum Gasteiger partial charge on any atom is 0.273 e. The van der Waals surface area contributed by atoms with Crippen molar-refractivity contribution >= 4 is 46.6 Å². The quantitative estimate of drug-likeness (QED) is 0.187. The van der Waals surface area contributed by atoms with Crippen molar-refractivity contribution < 1.29 is 28.4 Å². The molecule has 2 aromatic carbocycles. The van der Waals surface area contributed by atoms with Crippen molar-refractivity contribution in [2.24, 2.45) is 0 Å². The van der Waals surface area contributed by atoms with Crippen LogP contribution in [0.3, 0.4) is 0 Å². The molecule has 10 nitrogen and oxygen atoms in total. The van der Waals surface area contributed by atoms with Crippen molar-refractivity contribution in [1.82, 2.24) is 5.32 Å². The minimum atomic E-state index is -0.674. The van der Waals surface area contributed by atoms with Crippen molar-refractivity contribution in [1.29, 1.82) is 0 Å². The van der Waals surface area contributed by atoms with E-state index in [1.165, 1.54) is 43.4 Å². The second-order valence-corrected chi connectivity index (χ2v) is 7.36. The molecule has 0 radical (unpaired) electrons. The number of hydrogen-bond donors (Lipinski definition) is 1. The predicted octanol–water partition coefficient (Wildman–Crippen LogP) is 3.70. The third-order valence-electron chi connectivity index (χ3n) is 5.00. The number of amides is 2. The number of para-hydroxylation sites is 2. The van der Waals surface area contributed by atoms with E-state index < -0.39 is 16.7 Å². The monoisotopic (exact) mass is 479 g/mol. The molecule has 1 aliphatic heterocycles. The highest BCUT2D eigenvalue weighted by Crippen LogP contribution is 2.35. The molecule has 1 N–H and O–H groups in total. The van der Waals surface area contributed by atoms with Gasteiger partial charge in [0.05, 0.1) is 36.5 Å². The molecule has 11 heteroatoms. The van der Waals surface area contributed by atoms with Gasteiger partial charge in [0.2, 0.25) is 0 Å². The summed E-state index contributed by atoms with van der Waals surface area (Å²) in [6.07, 6.45) is 1.29. The van der Waals surface area contributed by atoms with Gasteiger partial charge in [0.1, 0.15) is 28.6 Å². The maximum atomic E-state index is 13.2. The normalized spacial score (nSPS) is 14.8. The average Bonchev–Trinajstić information content (AvgIpc) is 3.30. The molecule has 2 amide bonds. The number of benzene rings is 2. The highest BCUT2D eigenvalue weighted by Gasteiger charge is 2.36.